The zero-order valence-electron chi connectivity index (χ0n) is 25.0. The lowest BCUT2D eigenvalue weighted by Gasteiger charge is -1.79. The Morgan fingerprint density at radius 2 is 0.314 bits per heavy atom. The second-order valence-corrected chi connectivity index (χ2v) is 7.54. The lowest BCUT2D eigenvalue weighted by molar-refractivity contribution is 0.286. The Kier molecular flexibility index (Phi) is 123. The summed E-state index contributed by atoms with van der Waals surface area (Å²) in [6.45, 7) is 16.8. The van der Waals surface area contributed by atoms with Gasteiger partial charge in [-0.3, -0.25) is 0 Å². The molecule has 0 aromatic heterocycles. The Morgan fingerprint density at radius 1 is 0.229 bits per heavy atom. The van der Waals surface area contributed by atoms with Crippen molar-refractivity contribution >= 4 is 0 Å². The molecule has 0 aromatic carbocycles. The smallest absolute Gasteiger partial charge is 0.0430 e. The number of aliphatic hydroxyl groups is 7. The maximum atomic E-state index is 8.07. The summed E-state index contributed by atoms with van der Waals surface area (Å²) < 4.78 is 0. The van der Waals surface area contributed by atoms with E-state index in [4.69, 9.17) is 35.7 Å². The van der Waals surface area contributed by atoms with Crippen LogP contribution in [0.2, 0.25) is 0 Å². The van der Waals surface area contributed by atoms with Gasteiger partial charge in [0.1, 0.15) is 0 Å². The van der Waals surface area contributed by atoms with Gasteiger partial charge in [0.2, 0.25) is 0 Å². The van der Waals surface area contributed by atoms with Gasteiger partial charge in [-0.05, 0) is 44.9 Å². The van der Waals surface area contributed by atoms with E-state index >= 15 is 0 Å². The first-order valence-electron chi connectivity index (χ1n) is 14.2. The van der Waals surface area contributed by atoms with Crippen molar-refractivity contribution in [3.63, 3.8) is 0 Å². The monoisotopic (exact) mass is 519 g/mol. The molecular formula is C28H70O7. The standard InChI is InChI=1S/7C4H10O/c7*1-2-3-4-5/h7*5H,2-4H2,1H3. The fourth-order valence-corrected chi connectivity index (χ4v) is 1.11. The van der Waals surface area contributed by atoms with E-state index in [0.717, 1.165) is 89.9 Å². The van der Waals surface area contributed by atoms with Crippen LogP contribution in [0.4, 0.5) is 0 Å². The lowest BCUT2D eigenvalue weighted by atomic mass is 10.4. The zero-order chi connectivity index (χ0) is 28.8. The van der Waals surface area contributed by atoms with Crippen LogP contribution in [0.3, 0.4) is 0 Å². The average Bonchev–Trinajstić information content (AvgIpc) is 2.85. The molecule has 0 atom stereocenters. The van der Waals surface area contributed by atoms with E-state index in [0.29, 0.717) is 46.2 Å². The molecule has 0 aliphatic rings. The third-order valence-corrected chi connectivity index (χ3v) is 3.58. The minimum Gasteiger partial charge on any atom is -0.396 e. The highest BCUT2D eigenvalue weighted by molar-refractivity contribution is 4.25. The maximum Gasteiger partial charge on any atom is 0.0430 e. The van der Waals surface area contributed by atoms with Crippen molar-refractivity contribution in [1.29, 1.82) is 0 Å². The number of hydrogen-bond acceptors (Lipinski definition) is 7. The third-order valence-electron chi connectivity index (χ3n) is 3.58. The summed E-state index contributed by atoms with van der Waals surface area (Å²) >= 11 is 0. The predicted molar refractivity (Wildman–Crippen MR) is 154 cm³/mol. The van der Waals surface area contributed by atoms with E-state index in [1.54, 1.807) is 0 Å². The van der Waals surface area contributed by atoms with Crippen molar-refractivity contribution in [2.45, 2.75) is 138 Å². The fraction of sp³-hybridized carbons (Fsp3) is 1.00. The van der Waals surface area contributed by atoms with Gasteiger partial charge in [-0.1, -0.05) is 93.4 Å². The summed E-state index contributed by atoms with van der Waals surface area (Å²) in [5.41, 5.74) is 0. The summed E-state index contributed by atoms with van der Waals surface area (Å²) in [6.07, 6.45) is 14.3. The van der Waals surface area contributed by atoms with Crippen LogP contribution in [0.5, 0.6) is 0 Å². The Morgan fingerprint density at radius 3 is 0.314 bits per heavy atom. The maximum absolute atomic E-state index is 8.07. The van der Waals surface area contributed by atoms with Gasteiger partial charge < -0.3 is 35.7 Å². The van der Waals surface area contributed by atoms with Crippen molar-refractivity contribution in [1.82, 2.24) is 0 Å². The second kappa shape index (κ2) is 84.1. The van der Waals surface area contributed by atoms with Crippen LogP contribution in [-0.2, 0) is 0 Å². The van der Waals surface area contributed by atoms with Gasteiger partial charge in [-0.2, -0.15) is 0 Å². The molecule has 0 bridgehead atoms. The molecule has 7 heteroatoms. The summed E-state index contributed by atoms with van der Waals surface area (Å²) in [5.74, 6) is 0. The first-order valence-corrected chi connectivity index (χ1v) is 14.2. The molecule has 7 N–H and O–H groups in total. The van der Waals surface area contributed by atoms with Gasteiger partial charge in [-0.15, -0.1) is 0 Å². The van der Waals surface area contributed by atoms with E-state index in [2.05, 4.69) is 48.5 Å². The van der Waals surface area contributed by atoms with Crippen LogP contribution >= 0.6 is 0 Å². The van der Waals surface area contributed by atoms with Crippen molar-refractivity contribution in [2.75, 3.05) is 46.2 Å². The van der Waals surface area contributed by atoms with Crippen LogP contribution in [-0.4, -0.2) is 82.0 Å². The highest BCUT2D eigenvalue weighted by Crippen LogP contribution is 1.81. The molecule has 224 valence electrons. The normalized spacial score (nSPS) is 8.40. The molecule has 35 heavy (non-hydrogen) atoms. The van der Waals surface area contributed by atoms with Crippen LogP contribution in [0.15, 0.2) is 0 Å². The Balaban J connectivity index is -0.0000000523. The average molecular weight is 519 g/mol. The van der Waals surface area contributed by atoms with Gasteiger partial charge >= 0.3 is 0 Å². The number of hydrogen-bond donors (Lipinski definition) is 7. The van der Waals surface area contributed by atoms with Gasteiger partial charge in [0, 0.05) is 46.2 Å². The molecule has 0 aromatic rings. The zero-order valence-corrected chi connectivity index (χ0v) is 25.0. The first kappa shape index (κ1) is 51.4. The van der Waals surface area contributed by atoms with Crippen LogP contribution in [0.1, 0.15) is 138 Å². The van der Waals surface area contributed by atoms with Crippen LogP contribution in [0, 0.1) is 0 Å². The molecule has 0 aliphatic heterocycles. The van der Waals surface area contributed by atoms with E-state index in [1.807, 2.05) is 0 Å². The predicted octanol–water partition coefficient (Wildman–Crippen LogP) is 5.45. The number of aliphatic hydroxyl groups excluding tert-OH is 7. The molecule has 0 rings (SSSR count). The summed E-state index contributed by atoms with van der Waals surface area (Å²) in [6, 6.07) is 0. The van der Waals surface area contributed by atoms with Crippen molar-refractivity contribution in [3.05, 3.63) is 0 Å². The largest absolute Gasteiger partial charge is 0.396 e. The molecule has 0 heterocycles. The number of unbranched alkanes of at least 4 members (excludes halogenated alkanes) is 7. The van der Waals surface area contributed by atoms with Gasteiger partial charge in [0.05, 0.1) is 0 Å². The van der Waals surface area contributed by atoms with Crippen LogP contribution in [0.25, 0.3) is 0 Å². The Labute approximate surface area is 220 Å². The quantitative estimate of drug-likeness (QED) is 0.162. The first-order chi connectivity index (χ1) is 16.9. The summed E-state index contributed by atoms with van der Waals surface area (Å²) in [7, 11) is 0. The minimum atomic E-state index is 0.344. The molecule has 7 nitrogen and oxygen atoms in total. The molecule has 0 fully saturated rings. The fourth-order valence-electron chi connectivity index (χ4n) is 1.11. The molecular weight excluding hydrogens is 448 g/mol. The molecule has 0 saturated heterocycles. The lowest BCUT2D eigenvalue weighted by Crippen LogP contribution is -1.75. The van der Waals surface area contributed by atoms with E-state index in [1.165, 1.54) is 0 Å². The third kappa shape index (κ3) is 180. The molecule has 0 aliphatic carbocycles. The Hall–Kier alpha value is -0.280. The van der Waals surface area contributed by atoms with E-state index in [-0.39, 0.29) is 0 Å². The molecule has 0 amide bonds. The van der Waals surface area contributed by atoms with Gasteiger partial charge in [-0.25, -0.2) is 0 Å². The summed E-state index contributed by atoms with van der Waals surface area (Å²) in [5, 5.41) is 56.5. The minimum absolute atomic E-state index is 0.344. The second-order valence-electron chi connectivity index (χ2n) is 7.54. The highest BCUT2D eigenvalue weighted by atomic mass is 16.3. The van der Waals surface area contributed by atoms with Crippen LogP contribution < -0.4 is 0 Å². The topological polar surface area (TPSA) is 142 Å². The van der Waals surface area contributed by atoms with Gasteiger partial charge in [0.25, 0.3) is 0 Å². The van der Waals surface area contributed by atoms with Crippen molar-refractivity contribution < 1.29 is 35.7 Å². The van der Waals surface area contributed by atoms with Crippen molar-refractivity contribution in [3.8, 4) is 0 Å². The van der Waals surface area contributed by atoms with Crippen molar-refractivity contribution in [2.24, 2.45) is 0 Å². The molecule has 0 saturated carbocycles. The molecule has 0 spiro atoms. The van der Waals surface area contributed by atoms with Gasteiger partial charge in [0.15, 0.2) is 0 Å². The highest BCUT2D eigenvalue weighted by Gasteiger charge is 1.71. The summed E-state index contributed by atoms with van der Waals surface area (Å²) in [4.78, 5) is 0. The Bertz CT molecular complexity index is 137. The van der Waals surface area contributed by atoms with E-state index in [9.17, 15) is 0 Å². The SMILES string of the molecule is CCCCO.CCCCO.CCCCO.CCCCO.CCCCO.CCCCO.CCCCO. The molecule has 0 radical (unpaired) electrons. The molecule has 0 unspecified atom stereocenters. The van der Waals surface area contributed by atoms with E-state index < -0.39 is 0 Å². The number of rotatable bonds is 14.